The Morgan fingerprint density at radius 2 is 1.87 bits per heavy atom. The molecule has 2 aromatic heterocycles. The van der Waals surface area contributed by atoms with Crippen molar-refractivity contribution in [3.63, 3.8) is 0 Å². The molecule has 0 unspecified atom stereocenters. The molecule has 7 heteroatoms. The molecule has 0 saturated carbocycles. The van der Waals surface area contributed by atoms with Gasteiger partial charge in [-0.25, -0.2) is 15.0 Å². The Hall–Kier alpha value is -1.85. The fourth-order valence-corrected chi connectivity index (χ4v) is 3.49. The number of imidazole rings is 1. The topological polar surface area (TPSA) is 57.7 Å². The third-order valence-electron chi connectivity index (χ3n) is 4.41. The minimum absolute atomic E-state index is 0.500. The SMILES string of the molecule is Clc1ccc(C2CCN(c3ncnc4nc[nH]c34)CC2)cc1Cl. The molecule has 0 bridgehead atoms. The number of nitrogens with zero attached hydrogens (tertiary/aromatic N) is 4. The molecular weight excluding hydrogens is 333 g/mol. The molecule has 5 nitrogen and oxygen atoms in total. The third-order valence-corrected chi connectivity index (χ3v) is 5.15. The number of nitrogens with one attached hydrogen (secondary N) is 1. The highest BCUT2D eigenvalue weighted by Crippen LogP contribution is 2.34. The summed E-state index contributed by atoms with van der Waals surface area (Å²) < 4.78 is 0. The minimum atomic E-state index is 0.500. The molecule has 0 amide bonds. The van der Waals surface area contributed by atoms with Crippen molar-refractivity contribution >= 4 is 40.2 Å². The molecule has 4 rings (SSSR count). The molecule has 1 aliphatic rings. The summed E-state index contributed by atoms with van der Waals surface area (Å²) in [5, 5.41) is 1.23. The van der Waals surface area contributed by atoms with E-state index >= 15 is 0 Å². The van der Waals surface area contributed by atoms with E-state index in [1.54, 1.807) is 12.7 Å². The maximum atomic E-state index is 6.14. The quantitative estimate of drug-likeness (QED) is 0.759. The highest BCUT2D eigenvalue weighted by atomic mass is 35.5. The van der Waals surface area contributed by atoms with E-state index in [1.807, 2.05) is 12.1 Å². The first-order chi connectivity index (χ1) is 11.2. The maximum Gasteiger partial charge on any atom is 0.182 e. The summed E-state index contributed by atoms with van der Waals surface area (Å²) >= 11 is 12.1. The van der Waals surface area contributed by atoms with Crippen LogP contribution in [0.15, 0.2) is 30.9 Å². The smallest absolute Gasteiger partial charge is 0.182 e. The second-order valence-corrected chi connectivity index (χ2v) is 6.55. The van der Waals surface area contributed by atoms with Crippen LogP contribution in [0.4, 0.5) is 5.82 Å². The standard InChI is InChI=1S/C16H15Cl2N5/c17-12-2-1-11(7-13(12)18)10-3-5-23(6-4-10)16-14-15(20-8-19-14)21-9-22-16/h1-2,7-10H,3-6H2,(H,19,20,21,22). The monoisotopic (exact) mass is 347 g/mol. The van der Waals surface area contributed by atoms with Crippen LogP contribution in [-0.2, 0) is 0 Å². The number of H-pyrrole nitrogens is 1. The van der Waals surface area contributed by atoms with Crippen molar-refractivity contribution < 1.29 is 0 Å². The molecule has 118 valence electrons. The second-order valence-electron chi connectivity index (χ2n) is 5.73. The molecule has 0 spiro atoms. The lowest BCUT2D eigenvalue weighted by molar-refractivity contribution is 0.503. The largest absolute Gasteiger partial charge is 0.355 e. The van der Waals surface area contributed by atoms with E-state index in [4.69, 9.17) is 23.2 Å². The van der Waals surface area contributed by atoms with Crippen LogP contribution in [0.1, 0.15) is 24.3 Å². The van der Waals surface area contributed by atoms with Gasteiger partial charge >= 0.3 is 0 Å². The number of benzene rings is 1. The Balaban J connectivity index is 1.52. The van der Waals surface area contributed by atoms with E-state index in [-0.39, 0.29) is 0 Å². The van der Waals surface area contributed by atoms with Crippen LogP contribution in [0.25, 0.3) is 11.2 Å². The van der Waals surface area contributed by atoms with Gasteiger partial charge < -0.3 is 9.88 Å². The zero-order chi connectivity index (χ0) is 15.8. The van der Waals surface area contributed by atoms with Crippen molar-refractivity contribution in [2.45, 2.75) is 18.8 Å². The summed E-state index contributed by atoms with van der Waals surface area (Å²) in [6, 6.07) is 5.94. The Morgan fingerprint density at radius 3 is 2.65 bits per heavy atom. The number of piperidine rings is 1. The van der Waals surface area contributed by atoms with Crippen LogP contribution in [0.5, 0.6) is 0 Å². The van der Waals surface area contributed by atoms with Crippen LogP contribution < -0.4 is 4.90 Å². The van der Waals surface area contributed by atoms with Gasteiger partial charge in [0.2, 0.25) is 0 Å². The van der Waals surface area contributed by atoms with Crippen molar-refractivity contribution in [1.82, 2.24) is 19.9 Å². The molecule has 3 heterocycles. The fourth-order valence-electron chi connectivity index (χ4n) is 3.18. The van der Waals surface area contributed by atoms with Gasteiger partial charge in [-0.1, -0.05) is 29.3 Å². The van der Waals surface area contributed by atoms with Crippen molar-refractivity contribution in [2.24, 2.45) is 0 Å². The molecular formula is C16H15Cl2N5. The van der Waals surface area contributed by atoms with Crippen molar-refractivity contribution in [1.29, 1.82) is 0 Å². The zero-order valence-electron chi connectivity index (χ0n) is 12.3. The van der Waals surface area contributed by atoms with Crippen LogP contribution in [0, 0.1) is 0 Å². The molecule has 23 heavy (non-hydrogen) atoms. The van der Waals surface area contributed by atoms with Gasteiger partial charge in [0.05, 0.1) is 16.4 Å². The van der Waals surface area contributed by atoms with E-state index in [1.165, 1.54) is 5.56 Å². The van der Waals surface area contributed by atoms with Crippen molar-refractivity contribution in [3.8, 4) is 0 Å². The highest BCUT2D eigenvalue weighted by Gasteiger charge is 2.23. The summed E-state index contributed by atoms with van der Waals surface area (Å²) in [5.41, 5.74) is 2.87. The summed E-state index contributed by atoms with van der Waals surface area (Å²) in [6.45, 7) is 1.88. The van der Waals surface area contributed by atoms with Crippen LogP contribution in [-0.4, -0.2) is 33.0 Å². The normalized spacial score (nSPS) is 16.2. The lowest BCUT2D eigenvalue weighted by Crippen LogP contribution is -2.33. The number of aromatic nitrogens is 4. The van der Waals surface area contributed by atoms with Gasteiger partial charge in [0.1, 0.15) is 11.8 Å². The van der Waals surface area contributed by atoms with Crippen molar-refractivity contribution in [3.05, 3.63) is 46.5 Å². The predicted molar refractivity (Wildman–Crippen MR) is 92.3 cm³/mol. The van der Waals surface area contributed by atoms with Crippen LogP contribution >= 0.6 is 23.2 Å². The molecule has 1 saturated heterocycles. The highest BCUT2D eigenvalue weighted by molar-refractivity contribution is 6.42. The van der Waals surface area contributed by atoms with Gasteiger partial charge in [0.15, 0.2) is 11.5 Å². The lowest BCUT2D eigenvalue weighted by Gasteiger charge is -2.33. The molecule has 3 aromatic rings. The summed E-state index contributed by atoms with van der Waals surface area (Å²) in [7, 11) is 0. The molecule has 0 radical (unpaired) electrons. The Kier molecular flexibility index (Phi) is 3.83. The van der Waals surface area contributed by atoms with Gasteiger partial charge in [0, 0.05) is 13.1 Å². The molecule has 0 atom stereocenters. The summed E-state index contributed by atoms with van der Waals surface area (Å²) in [6.07, 6.45) is 5.34. The molecule has 1 N–H and O–H groups in total. The molecule has 1 fully saturated rings. The van der Waals surface area contributed by atoms with Gasteiger partial charge in [-0.3, -0.25) is 0 Å². The van der Waals surface area contributed by atoms with E-state index < -0.39 is 0 Å². The van der Waals surface area contributed by atoms with Crippen LogP contribution in [0.2, 0.25) is 10.0 Å². The number of fused-ring (bicyclic) bond motifs is 1. The van der Waals surface area contributed by atoms with Gasteiger partial charge in [-0.2, -0.15) is 0 Å². The maximum absolute atomic E-state index is 6.14. The number of halogens is 2. The number of hydrogen-bond acceptors (Lipinski definition) is 4. The second kappa shape index (κ2) is 5.98. The summed E-state index contributed by atoms with van der Waals surface area (Å²) in [4.78, 5) is 18.2. The van der Waals surface area contributed by atoms with Crippen molar-refractivity contribution in [2.75, 3.05) is 18.0 Å². The molecule has 1 aromatic carbocycles. The number of hydrogen-bond donors (Lipinski definition) is 1. The molecule has 0 aliphatic carbocycles. The molecule has 1 aliphatic heterocycles. The fraction of sp³-hybridized carbons (Fsp3) is 0.312. The van der Waals surface area contributed by atoms with Gasteiger partial charge in [0.25, 0.3) is 0 Å². The average Bonchev–Trinajstić information content (AvgIpc) is 3.06. The number of rotatable bonds is 2. The van der Waals surface area contributed by atoms with E-state index in [0.717, 1.165) is 37.3 Å². The average molecular weight is 348 g/mol. The van der Waals surface area contributed by atoms with E-state index in [0.29, 0.717) is 21.6 Å². The van der Waals surface area contributed by atoms with Crippen LogP contribution in [0.3, 0.4) is 0 Å². The van der Waals surface area contributed by atoms with Gasteiger partial charge in [-0.15, -0.1) is 0 Å². The lowest BCUT2D eigenvalue weighted by atomic mass is 9.89. The first kappa shape index (κ1) is 14.7. The Morgan fingerprint density at radius 1 is 1.04 bits per heavy atom. The van der Waals surface area contributed by atoms with E-state index in [9.17, 15) is 0 Å². The Bertz CT molecular complexity index is 839. The minimum Gasteiger partial charge on any atom is -0.355 e. The predicted octanol–water partition coefficient (Wildman–Crippen LogP) is 4.04. The number of aromatic amines is 1. The third kappa shape index (κ3) is 2.75. The van der Waals surface area contributed by atoms with E-state index in [2.05, 4.69) is 30.9 Å². The summed E-state index contributed by atoms with van der Waals surface area (Å²) in [5.74, 6) is 1.43. The zero-order valence-corrected chi connectivity index (χ0v) is 13.8. The Labute approximate surface area is 143 Å². The van der Waals surface area contributed by atoms with Gasteiger partial charge in [-0.05, 0) is 36.5 Å². The first-order valence-electron chi connectivity index (χ1n) is 7.56. The number of anilines is 1. The first-order valence-corrected chi connectivity index (χ1v) is 8.32.